The van der Waals surface area contributed by atoms with E-state index in [1.54, 1.807) is 13.2 Å². The highest BCUT2D eigenvalue weighted by Gasteiger charge is 2.23. The third-order valence-corrected chi connectivity index (χ3v) is 2.41. The smallest absolute Gasteiger partial charge is 0.322 e. The fourth-order valence-electron chi connectivity index (χ4n) is 1.36. The van der Waals surface area contributed by atoms with E-state index in [1.165, 1.54) is 6.33 Å². The van der Waals surface area contributed by atoms with Crippen molar-refractivity contribution in [3.63, 3.8) is 0 Å². The summed E-state index contributed by atoms with van der Waals surface area (Å²) >= 11 is 0. The Balaban J connectivity index is 1.83. The van der Waals surface area contributed by atoms with Crippen LogP contribution in [0.15, 0.2) is 16.9 Å². The van der Waals surface area contributed by atoms with Crippen LogP contribution in [-0.4, -0.2) is 33.3 Å². The third kappa shape index (κ3) is 2.17. The Morgan fingerprint density at radius 3 is 3.06 bits per heavy atom. The second-order valence-corrected chi connectivity index (χ2v) is 3.79. The molecule has 2 heterocycles. The molecule has 17 heavy (non-hydrogen) atoms. The Labute approximate surface area is 97.2 Å². The van der Waals surface area contributed by atoms with Crippen LogP contribution in [0.1, 0.15) is 12.8 Å². The van der Waals surface area contributed by atoms with Crippen LogP contribution in [0.5, 0.6) is 5.88 Å². The molecule has 0 spiro atoms. The van der Waals surface area contributed by atoms with Crippen molar-refractivity contribution < 1.29 is 9.26 Å². The second kappa shape index (κ2) is 4.00. The van der Waals surface area contributed by atoms with Crippen molar-refractivity contribution in [2.45, 2.75) is 18.9 Å². The van der Waals surface area contributed by atoms with E-state index in [2.05, 4.69) is 25.4 Å². The van der Waals surface area contributed by atoms with Gasteiger partial charge in [-0.15, -0.1) is 0 Å². The number of rotatable bonds is 4. The highest BCUT2D eigenvalue weighted by atomic mass is 16.5. The van der Waals surface area contributed by atoms with E-state index in [4.69, 9.17) is 9.26 Å². The number of hydrogen-bond donors (Lipinski definition) is 1. The van der Waals surface area contributed by atoms with Gasteiger partial charge in [-0.1, -0.05) is 5.16 Å². The van der Waals surface area contributed by atoms with Crippen molar-refractivity contribution >= 4 is 6.01 Å². The van der Waals surface area contributed by atoms with Crippen molar-refractivity contribution in [2.75, 3.05) is 12.4 Å². The van der Waals surface area contributed by atoms with Gasteiger partial charge in [0.25, 0.3) is 0 Å². The summed E-state index contributed by atoms with van der Waals surface area (Å²) in [4.78, 5) is 12.2. The molecular weight excluding hydrogens is 222 g/mol. The van der Waals surface area contributed by atoms with E-state index in [-0.39, 0.29) is 0 Å². The molecule has 0 radical (unpaired) electrons. The van der Waals surface area contributed by atoms with E-state index in [9.17, 15) is 0 Å². The molecule has 0 atom stereocenters. The highest BCUT2D eigenvalue weighted by molar-refractivity contribution is 5.51. The Kier molecular flexibility index (Phi) is 2.36. The van der Waals surface area contributed by atoms with Gasteiger partial charge in [0, 0.05) is 12.1 Å². The number of methoxy groups -OCH3 is 1. The molecule has 0 amide bonds. The van der Waals surface area contributed by atoms with Crippen LogP contribution in [-0.2, 0) is 0 Å². The second-order valence-electron chi connectivity index (χ2n) is 3.79. The molecule has 0 aliphatic heterocycles. The van der Waals surface area contributed by atoms with Crippen LogP contribution in [0.2, 0.25) is 0 Å². The van der Waals surface area contributed by atoms with E-state index < -0.39 is 0 Å². The molecule has 7 heteroatoms. The summed E-state index contributed by atoms with van der Waals surface area (Å²) in [5.74, 6) is 0.894. The molecule has 1 aliphatic rings. The average Bonchev–Trinajstić information content (AvgIpc) is 3.05. The predicted octanol–water partition coefficient (Wildman–Crippen LogP) is 1.11. The predicted molar refractivity (Wildman–Crippen MR) is 58.5 cm³/mol. The first-order chi connectivity index (χ1) is 8.35. The maximum atomic E-state index is 5.07. The molecule has 1 saturated carbocycles. The van der Waals surface area contributed by atoms with Gasteiger partial charge < -0.3 is 14.6 Å². The largest absolute Gasteiger partial charge is 0.481 e. The summed E-state index contributed by atoms with van der Waals surface area (Å²) in [5.41, 5.74) is 0.574. The van der Waals surface area contributed by atoms with Crippen LogP contribution < -0.4 is 10.1 Å². The molecular formula is C10H11N5O2. The van der Waals surface area contributed by atoms with Crippen LogP contribution in [0.25, 0.3) is 11.5 Å². The van der Waals surface area contributed by atoms with Crippen molar-refractivity contribution in [1.29, 1.82) is 0 Å². The minimum absolute atomic E-state index is 0.425. The van der Waals surface area contributed by atoms with Gasteiger partial charge in [-0.2, -0.15) is 4.98 Å². The zero-order valence-electron chi connectivity index (χ0n) is 9.25. The minimum Gasteiger partial charge on any atom is -0.481 e. The van der Waals surface area contributed by atoms with Gasteiger partial charge in [0.1, 0.15) is 12.0 Å². The lowest BCUT2D eigenvalue weighted by molar-refractivity contribution is 0.397. The Hall–Kier alpha value is -2.18. The van der Waals surface area contributed by atoms with Crippen LogP contribution in [0.4, 0.5) is 6.01 Å². The lowest BCUT2D eigenvalue weighted by Gasteiger charge is -1.97. The average molecular weight is 233 g/mol. The number of aromatic nitrogens is 4. The van der Waals surface area contributed by atoms with Gasteiger partial charge in [-0.25, -0.2) is 9.97 Å². The molecule has 88 valence electrons. The lowest BCUT2D eigenvalue weighted by Crippen LogP contribution is -2.00. The quantitative estimate of drug-likeness (QED) is 0.846. The molecule has 2 aromatic rings. The molecule has 7 nitrogen and oxygen atoms in total. The number of nitrogens with one attached hydrogen (secondary N) is 1. The van der Waals surface area contributed by atoms with Gasteiger partial charge in [0.05, 0.1) is 7.11 Å². The van der Waals surface area contributed by atoms with Crippen LogP contribution >= 0.6 is 0 Å². The van der Waals surface area contributed by atoms with Gasteiger partial charge in [0.2, 0.25) is 11.7 Å². The van der Waals surface area contributed by atoms with E-state index in [0.717, 1.165) is 12.8 Å². The standard InChI is InChI=1S/C10H11N5O2/c1-16-8-4-7(11-5-12-8)9-14-10(17-15-9)13-6-2-3-6/h4-6H,2-3H2,1H3,(H,13,14,15). The van der Waals surface area contributed by atoms with Gasteiger partial charge in [0.15, 0.2) is 0 Å². The van der Waals surface area contributed by atoms with Crippen molar-refractivity contribution in [1.82, 2.24) is 20.1 Å². The van der Waals surface area contributed by atoms with E-state index in [1.807, 2.05) is 0 Å². The Bertz CT molecular complexity index is 523. The number of nitrogens with zero attached hydrogens (tertiary/aromatic N) is 4. The number of ether oxygens (including phenoxy) is 1. The maximum absolute atomic E-state index is 5.07. The molecule has 0 aromatic carbocycles. The first-order valence-electron chi connectivity index (χ1n) is 5.32. The minimum atomic E-state index is 0.425. The Morgan fingerprint density at radius 1 is 1.41 bits per heavy atom. The van der Waals surface area contributed by atoms with Gasteiger partial charge in [-0.3, -0.25) is 0 Å². The molecule has 3 rings (SSSR count). The van der Waals surface area contributed by atoms with Crippen molar-refractivity contribution in [3.05, 3.63) is 12.4 Å². The summed E-state index contributed by atoms with van der Waals surface area (Å²) < 4.78 is 10.1. The molecule has 1 N–H and O–H groups in total. The van der Waals surface area contributed by atoms with Gasteiger partial charge >= 0.3 is 6.01 Å². The van der Waals surface area contributed by atoms with E-state index in [0.29, 0.717) is 29.5 Å². The SMILES string of the molecule is COc1cc(-c2noc(NC3CC3)n2)ncn1. The van der Waals surface area contributed by atoms with Gasteiger partial charge in [-0.05, 0) is 12.8 Å². The molecule has 0 bridgehead atoms. The molecule has 1 aliphatic carbocycles. The van der Waals surface area contributed by atoms with E-state index >= 15 is 0 Å². The van der Waals surface area contributed by atoms with Crippen molar-refractivity contribution in [2.24, 2.45) is 0 Å². The topological polar surface area (TPSA) is 86.0 Å². The molecule has 2 aromatic heterocycles. The van der Waals surface area contributed by atoms with Crippen molar-refractivity contribution in [3.8, 4) is 17.4 Å². The first-order valence-corrected chi connectivity index (χ1v) is 5.32. The lowest BCUT2D eigenvalue weighted by atomic mass is 10.4. The summed E-state index contributed by atoms with van der Waals surface area (Å²) in [6, 6.07) is 2.56. The molecule has 0 unspecified atom stereocenters. The summed E-state index contributed by atoms with van der Waals surface area (Å²) in [6.45, 7) is 0. The zero-order valence-corrected chi connectivity index (χ0v) is 9.25. The van der Waals surface area contributed by atoms with Crippen LogP contribution in [0.3, 0.4) is 0 Å². The summed E-state index contributed by atoms with van der Waals surface area (Å²) in [7, 11) is 1.54. The fraction of sp³-hybridized carbons (Fsp3) is 0.400. The Morgan fingerprint density at radius 2 is 2.29 bits per heavy atom. The molecule has 1 fully saturated rings. The monoisotopic (exact) mass is 233 g/mol. The third-order valence-electron chi connectivity index (χ3n) is 2.41. The molecule has 0 saturated heterocycles. The first kappa shape index (κ1) is 10.0. The zero-order chi connectivity index (χ0) is 11.7. The maximum Gasteiger partial charge on any atom is 0.322 e. The highest BCUT2D eigenvalue weighted by Crippen LogP contribution is 2.25. The normalized spacial score (nSPS) is 14.6. The fourth-order valence-corrected chi connectivity index (χ4v) is 1.36. The van der Waals surface area contributed by atoms with Crippen LogP contribution in [0, 0.1) is 0 Å². The number of anilines is 1. The summed E-state index contributed by atoms with van der Waals surface area (Å²) in [5, 5.41) is 6.97. The summed E-state index contributed by atoms with van der Waals surface area (Å²) in [6.07, 6.45) is 3.70. The number of hydrogen-bond acceptors (Lipinski definition) is 7.